The van der Waals surface area contributed by atoms with Crippen molar-refractivity contribution in [3.63, 3.8) is 0 Å². The van der Waals surface area contributed by atoms with Gasteiger partial charge in [0.25, 0.3) is 10.1 Å². The smallest absolute Gasteiger partial charge is 0.282 e. The summed E-state index contributed by atoms with van der Waals surface area (Å²) in [5.41, 5.74) is 0. The van der Waals surface area contributed by atoms with Gasteiger partial charge in [-0.3, -0.25) is 4.89 Å². The highest BCUT2D eigenvalue weighted by Crippen LogP contribution is 1.91. The Kier molecular flexibility index (Phi) is 3.31. The summed E-state index contributed by atoms with van der Waals surface area (Å²) in [7, 11) is -3.67. The molecular formula is C4H8O5S. The van der Waals surface area contributed by atoms with Gasteiger partial charge in [-0.1, -0.05) is 11.3 Å². The highest BCUT2D eigenvalue weighted by molar-refractivity contribution is 7.85. The lowest BCUT2D eigenvalue weighted by atomic mass is 10.5. The molecule has 0 rings (SSSR count). The fourth-order valence-electron chi connectivity index (χ4n) is 0.159. The van der Waals surface area contributed by atoms with Crippen LogP contribution in [-0.2, 0) is 24.1 Å². The molecule has 0 heterocycles. The van der Waals surface area contributed by atoms with Gasteiger partial charge in [0, 0.05) is 6.42 Å². The van der Waals surface area contributed by atoms with E-state index in [1.54, 1.807) is 0 Å². The molecule has 0 saturated carbocycles. The average molecular weight is 168 g/mol. The first-order valence-corrected chi connectivity index (χ1v) is 4.36. The third-order valence-corrected chi connectivity index (χ3v) is 0.854. The molecule has 6 heteroatoms. The number of carbonyl (C=O) groups excluding carboxylic acids is 1. The van der Waals surface area contributed by atoms with Gasteiger partial charge in [0.2, 0.25) is 0 Å². The highest BCUT2D eigenvalue weighted by Gasteiger charge is 2.06. The predicted molar refractivity (Wildman–Crippen MR) is 32.3 cm³/mol. The molecular weight excluding hydrogens is 160 g/mol. The fourth-order valence-corrected chi connectivity index (χ4v) is 0.358. The quantitative estimate of drug-likeness (QED) is 0.432. The molecule has 0 saturated heterocycles. The summed E-state index contributed by atoms with van der Waals surface area (Å²) in [5.74, 6) is -0.717. The van der Waals surface area contributed by atoms with Crippen molar-refractivity contribution in [2.45, 2.75) is 13.3 Å². The Morgan fingerprint density at radius 1 is 1.50 bits per heavy atom. The molecule has 0 spiro atoms. The SMILES string of the molecule is CCC(=O)OOS(C)(=O)=O. The maximum Gasteiger partial charge on any atom is 0.343 e. The Hall–Kier alpha value is -0.620. The first kappa shape index (κ1) is 9.38. The van der Waals surface area contributed by atoms with Crippen molar-refractivity contribution in [2.24, 2.45) is 0 Å². The van der Waals surface area contributed by atoms with Crippen molar-refractivity contribution >= 4 is 16.1 Å². The Morgan fingerprint density at radius 2 is 2.00 bits per heavy atom. The normalized spacial score (nSPS) is 11.0. The van der Waals surface area contributed by atoms with Crippen molar-refractivity contribution in [3.05, 3.63) is 0 Å². The molecule has 0 fully saturated rings. The maximum atomic E-state index is 10.2. The van der Waals surface area contributed by atoms with Crippen molar-refractivity contribution in [1.29, 1.82) is 0 Å². The molecule has 0 aliphatic heterocycles. The zero-order valence-corrected chi connectivity index (χ0v) is 6.47. The van der Waals surface area contributed by atoms with Crippen molar-refractivity contribution < 1.29 is 22.4 Å². The summed E-state index contributed by atoms with van der Waals surface area (Å²) < 4.78 is 24.0. The van der Waals surface area contributed by atoms with Gasteiger partial charge in [-0.05, 0) is 0 Å². The summed E-state index contributed by atoms with van der Waals surface area (Å²) in [4.78, 5) is 14.1. The molecule has 0 unspecified atom stereocenters. The molecule has 5 nitrogen and oxygen atoms in total. The van der Waals surface area contributed by atoms with Crippen LogP contribution in [0.5, 0.6) is 0 Å². The molecule has 0 N–H and O–H groups in total. The van der Waals surface area contributed by atoms with Crippen LogP contribution in [0, 0.1) is 0 Å². The minimum atomic E-state index is -3.67. The number of hydrogen-bond donors (Lipinski definition) is 0. The predicted octanol–water partition coefficient (Wildman–Crippen LogP) is -0.169. The second-order valence-electron chi connectivity index (χ2n) is 1.58. The monoisotopic (exact) mass is 168 g/mol. The first-order chi connectivity index (χ1) is 4.45. The molecule has 0 bridgehead atoms. The van der Waals surface area contributed by atoms with E-state index in [9.17, 15) is 13.2 Å². The lowest BCUT2D eigenvalue weighted by molar-refractivity contribution is -0.210. The van der Waals surface area contributed by atoms with Crippen molar-refractivity contribution in [1.82, 2.24) is 0 Å². The van der Waals surface area contributed by atoms with E-state index in [1.165, 1.54) is 6.92 Å². The number of hydrogen-bond acceptors (Lipinski definition) is 5. The van der Waals surface area contributed by atoms with E-state index < -0.39 is 16.1 Å². The van der Waals surface area contributed by atoms with Gasteiger partial charge < -0.3 is 0 Å². The molecule has 10 heavy (non-hydrogen) atoms. The Labute approximate surface area is 59.0 Å². The topological polar surface area (TPSA) is 69.7 Å². The number of rotatable bonds is 3. The van der Waals surface area contributed by atoms with Gasteiger partial charge >= 0.3 is 5.97 Å². The van der Waals surface area contributed by atoms with E-state index in [0.717, 1.165) is 6.26 Å². The standard InChI is InChI=1S/C4H8O5S/c1-3-4(5)8-9-10(2,6)7/h3H2,1-2H3. The lowest BCUT2D eigenvalue weighted by Gasteiger charge is -1.96. The molecule has 0 aliphatic rings. The maximum absolute atomic E-state index is 10.2. The third-order valence-electron chi connectivity index (χ3n) is 0.539. The van der Waals surface area contributed by atoms with E-state index in [1.807, 2.05) is 0 Å². The molecule has 0 amide bonds. The van der Waals surface area contributed by atoms with Crippen LogP contribution >= 0.6 is 0 Å². The highest BCUT2D eigenvalue weighted by atomic mass is 32.2. The van der Waals surface area contributed by atoms with Gasteiger partial charge in [0.1, 0.15) is 0 Å². The minimum Gasteiger partial charge on any atom is -0.282 e. The molecule has 0 aromatic carbocycles. The zero-order chi connectivity index (χ0) is 8.20. The van der Waals surface area contributed by atoms with Crippen LogP contribution in [0.25, 0.3) is 0 Å². The van der Waals surface area contributed by atoms with Gasteiger partial charge in [-0.25, -0.2) is 4.79 Å². The summed E-state index contributed by atoms with van der Waals surface area (Å²) in [6.45, 7) is 1.52. The van der Waals surface area contributed by atoms with E-state index in [4.69, 9.17) is 0 Å². The summed E-state index contributed by atoms with van der Waals surface area (Å²) in [6.07, 6.45) is 0.867. The Morgan fingerprint density at radius 3 is 2.30 bits per heavy atom. The third kappa shape index (κ3) is 5.52. The second-order valence-corrected chi connectivity index (χ2v) is 3.13. The van der Waals surface area contributed by atoms with Gasteiger partial charge in [-0.2, -0.15) is 8.42 Å². The van der Waals surface area contributed by atoms with Crippen LogP contribution in [0.15, 0.2) is 0 Å². The fraction of sp³-hybridized carbons (Fsp3) is 0.750. The number of carbonyl (C=O) groups is 1. The van der Waals surface area contributed by atoms with Gasteiger partial charge in [0.05, 0.1) is 6.26 Å². The van der Waals surface area contributed by atoms with Crippen LogP contribution in [0.3, 0.4) is 0 Å². The Bertz CT molecular complexity index is 204. The first-order valence-electron chi connectivity index (χ1n) is 2.54. The van der Waals surface area contributed by atoms with Crippen molar-refractivity contribution in [2.75, 3.05) is 6.26 Å². The molecule has 0 radical (unpaired) electrons. The largest absolute Gasteiger partial charge is 0.343 e. The van der Waals surface area contributed by atoms with Crippen LogP contribution in [0.4, 0.5) is 0 Å². The molecule has 0 atom stereocenters. The summed E-state index contributed by atoms with van der Waals surface area (Å²) in [5, 5.41) is 0. The van der Waals surface area contributed by atoms with Gasteiger partial charge in [-0.15, -0.1) is 0 Å². The minimum absolute atomic E-state index is 0.0789. The zero-order valence-electron chi connectivity index (χ0n) is 5.66. The Balaban J connectivity index is 3.67. The summed E-state index contributed by atoms with van der Waals surface area (Å²) in [6, 6.07) is 0. The molecule has 0 aliphatic carbocycles. The van der Waals surface area contributed by atoms with E-state index >= 15 is 0 Å². The van der Waals surface area contributed by atoms with Crippen LogP contribution in [-0.4, -0.2) is 20.6 Å². The lowest BCUT2D eigenvalue weighted by Crippen LogP contribution is -2.08. The van der Waals surface area contributed by atoms with E-state index in [2.05, 4.69) is 9.22 Å². The van der Waals surface area contributed by atoms with E-state index in [0.29, 0.717) is 0 Å². The molecule has 0 aromatic rings. The second kappa shape index (κ2) is 3.52. The van der Waals surface area contributed by atoms with Gasteiger partial charge in [0.15, 0.2) is 0 Å². The van der Waals surface area contributed by atoms with Crippen molar-refractivity contribution in [3.8, 4) is 0 Å². The summed E-state index contributed by atoms with van der Waals surface area (Å²) >= 11 is 0. The average Bonchev–Trinajstić information content (AvgIpc) is 1.81. The molecule has 0 aromatic heterocycles. The van der Waals surface area contributed by atoms with E-state index in [-0.39, 0.29) is 6.42 Å². The van der Waals surface area contributed by atoms with Crippen LogP contribution < -0.4 is 0 Å². The van der Waals surface area contributed by atoms with Crippen LogP contribution in [0.2, 0.25) is 0 Å². The van der Waals surface area contributed by atoms with Crippen LogP contribution in [0.1, 0.15) is 13.3 Å². The molecule has 60 valence electrons.